The molecule has 1 rings (SSSR count). The molecule has 6 heteroatoms. The molecule has 0 aromatic carbocycles. The summed E-state index contributed by atoms with van der Waals surface area (Å²) in [7, 11) is 0. The fourth-order valence-corrected chi connectivity index (χ4v) is 2.37. The normalized spacial score (nSPS) is 23.4. The largest absolute Gasteiger partial charge is 0.466 e. The lowest BCUT2D eigenvalue weighted by molar-refractivity contribution is -0.143. The second-order valence-electron chi connectivity index (χ2n) is 5.33. The van der Waals surface area contributed by atoms with E-state index in [1.165, 1.54) is 0 Å². The average molecular weight is 307 g/mol. The number of carbonyl (C=O) groups excluding carboxylic acids is 2. The lowest BCUT2D eigenvalue weighted by Crippen LogP contribution is -2.44. The molecule has 3 atom stereocenters. The van der Waals surface area contributed by atoms with Crippen molar-refractivity contribution in [2.75, 3.05) is 13.2 Å². The first-order valence-electron chi connectivity index (χ1n) is 7.22. The van der Waals surface area contributed by atoms with Crippen molar-refractivity contribution in [2.24, 2.45) is 5.92 Å². The van der Waals surface area contributed by atoms with Crippen LogP contribution < -0.4 is 10.6 Å². The topological polar surface area (TPSA) is 67.4 Å². The summed E-state index contributed by atoms with van der Waals surface area (Å²) in [5.41, 5.74) is 0. The number of amides is 1. The third kappa shape index (κ3) is 7.10. The van der Waals surface area contributed by atoms with Crippen LogP contribution in [0.5, 0.6) is 0 Å². The summed E-state index contributed by atoms with van der Waals surface area (Å²) in [5, 5.41) is 6.33. The highest BCUT2D eigenvalue weighted by Gasteiger charge is 2.25. The summed E-state index contributed by atoms with van der Waals surface area (Å²) in [6.45, 7) is 7.13. The van der Waals surface area contributed by atoms with Crippen LogP contribution in [0, 0.1) is 5.92 Å². The molecule has 1 aliphatic heterocycles. The van der Waals surface area contributed by atoms with Gasteiger partial charge in [-0.15, -0.1) is 12.4 Å². The first-order valence-corrected chi connectivity index (χ1v) is 7.22. The summed E-state index contributed by atoms with van der Waals surface area (Å²) in [5.74, 6) is 0.0186. The Morgan fingerprint density at radius 2 is 2.15 bits per heavy atom. The zero-order valence-corrected chi connectivity index (χ0v) is 13.4. The van der Waals surface area contributed by atoms with Crippen molar-refractivity contribution in [1.82, 2.24) is 10.6 Å². The molecule has 2 N–H and O–H groups in total. The minimum atomic E-state index is -0.195. The zero-order valence-electron chi connectivity index (χ0n) is 12.6. The second-order valence-corrected chi connectivity index (χ2v) is 5.33. The molecule has 1 unspecified atom stereocenters. The number of carbonyl (C=O) groups is 2. The maximum Gasteiger partial charge on any atom is 0.305 e. The average Bonchev–Trinajstić information content (AvgIpc) is 2.36. The molecule has 0 spiro atoms. The first-order chi connectivity index (χ1) is 9.02. The van der Waals surface area contributed by atoms with Crippen LogP contribution in [0.15, 0.2) is 0 Å². The highest BCUT2D eigenvalue weighted by atomic mass is 35.5. The van der Waals surface area contributed by atoms with Crippen LogP contribution in [0.4, 0.5) is 0 Å². The van der Waals surface area contributed by atoms with Crippen LogP contribution >= 0.6 is 12.4 Å². The number of halogens is 1. The van der Waals surface area contributed by atoms with Gasteiger partial charge >= 0.3 is 5.97 Å². The molecule has 0 aromatic heterocycles. The predicted molar refractivity (Wildman–Crippen MR) is 80.9 cm³/mol. The Morgan fingerprint density at radius 1 is 1.45 bits per heavy atom. The molecule has 1 fully saturated rings. The summed E-state index contributed by atoms with van der Waals surface area (Å²) < 4.78 is 4.87. The van der Waals surface area contributed by atoms with E-state index < -0.39 is 0 Å². The van der Waals surface area contributed by atoms with Gasteiger partial charge in [0.05, 0.1) is 6.61 Å². The van der Waals surface area contributed by atoms with E-state index in [4.69, 9.17) is 4.74 Å². The molecule has 20 heavy (non-hydrogen) atoms. The SMILES string of the molecule is CCOC(=O)CCC(C)NC(=O)[C@H]1CCN[C@@H](C)C1.Cl. The molecular weight excluding hydrogens is 280 g/mol. The number of nitrogens with one attached hydrogen (secondary N) is 2. The molecule has 0 saturated carbocycles. The lowest BCUT2D eigenvalue weighted by Gasteiger charge is -2.28. The maximum absolute atomic E-state index is 12.1. The molecule has 1 amide bonds. The summed E-state index contributed by atoms with van der Waals surface area (Å²) >= 11 is 0. The van der Waals surface area contributed by atoms with E-state index in [9.17, 15) is 9.59 Å². The Morgan fingerprint density at radius 3 is 2.75 bits per heavy atom. The summed E-state index contributed by atoms with van der Waals surface area (Å²) in [6.07, 6.45) is 2.76. The Balaban J connectivity index is 0.00000361. The second kappa shape index (κ2) is 10.00. The minimum absolute atomic E-state index is 0. The highest BCUT2D eigenvalue weighted by Crippen LogP contribution is 2.16. The molecule has 0 aromatic rings. The van der Waals surface area contributed by atoms with Crippen molar-refractivity contribution in [3.05, 3.63) is 0 Å². The van der Waals surface area contributed by atoms with Crippen LogP contribution in [0.25, 0.3) is 0 Å². The zero-order chi connectivity index (χ0) is 14.3. The van der Waals surface area contributed by atoms with Gasteiger partial charge in [0.25, 0.3) is 0 Å². The number of ether oxygens (including phenoxy) is 1. The number of hydrogen-bond acceptors (Lipinski definition) is 4. The van der Waals surface area contributed by atoms with Crippen molar-refractivity contribution >= 4 is 24.3 Å². The van der Waals surface area contributed by atoms with Crippen LogP contribution in [0.2, 0.25) is 0 Å². The fourth-order valence-electron chi connectivity index (χ4n) is 2.37. The molecule has 0 aliphatic carbocycles. The molecule has 0 bridgehead atoms. The van der Waals surface area contributed by atoms with E-state index >= 15 is 0 Å². The van der Waals surface area contributed by atoms with E-state index in [0.717, 1.165) is 19.4 Å². The van der Waals surface area contributed by atoms with Crippen LogP contribution in [-0.2, 0) is 14.3 Å². The Labute approximate surface area is 127 Å². The lowest BCUT2D eigenvalue weighted by atomic mass is 9.92. The molecule has 1 heterocycles. The number of piperidine rings is 1. The van der Waals surface area contributed by atoms with E-state index in [1.807, 2.05) is 6.92 Å². The third-order valence-corrected chi connectivity index (χ3v) is 3.47. The highest BCUT2D eigenvalue weighted by molar-refractivity contribution is 5.85. The summed E-state index contributed by atoms with van der Waals surface area (Å²) in [6, 6.07) is 0.418. The van der Waals surface area contributed by atoms with Crippen LogP contribution in [0.1, 0.15) is 46.5 Å². The smallest absolute Gasteiger partial charge is 0.305 e. The summed E-state index contributed by atoms with van der Waals surface area (Å²) in [4.78, 5) is 23.3. The quantitative estimate of drug-likeness (QED) is 0.732. The minimum Gasteiger partial charge on any atom is -0.466 e. The van der Waals surface area contributed by atoms with Gasteiger partial charge in [0.2, 0.25) is 5.91 Å². The Kier molecular flexibility index (Phi) is 9.59. The van der Waals surface area contributed by atoms with E-state index in [1.54, 1.807) is 6.92 Å². The molecule has 118 valence electrons. The molecule has 1 saturated heterocycles. The van der Waals surface area contributed by atoms with Crippen LogP contribution in [0.3, 0.4) is 0 Å². The van der Waals surface area contributed by atoms with Crippen molar-refractivity contribution in [3.63, 3.8) is 0 Å². The first kappa shape index (κ1) is 19.2. The van der Waals surface area contributed by atoms with Gasteiger partial charge in [-0.2, -0.15) is 0 Å². The predicted octanol–water partition coefficient (Wildman–Crippen LogP) is 1.64. The van der Waals surface area contributed by atoms with E-state index in [-0.39, 0.29) is 36.2 Å². The van der Waals surface area contributed by atoms with Crippen molar-refractivity contribution in [3.8, 4) is 0 Å². The maximum atomic E-state index is 12.1. The van der Waals surface area contributed by atoms with Gasteiger partial charge in [-0.3, -0.25) is 9.59 Å². The van der Waals surface area contributed by atoms with E-state index in [0.29, 0.717) is 25.5 Å². The third-order valence-electron chi connectivity index (χ3n) is 3.47. The van der Waals surface area contributed by atoms with Crippen molar-refractivity contribution < 1.29 is 14.3 Å². The molecule has 0 radical (unpaired) electrons. The van der Waals surface area contributed by atoms with Crippen LogP contribution in [-0.4, -0.2) is 37.1 Å². The number of rotatable bonds is 6. The Hall–Kier alpha value is -0.810. The van der Waals surface area contributed by atoms with Gasteiger partial charge in [-0.05, 0) is 46.6 Å². The molecule has 1 aliphatic rings. The van der Waals surface area contributed by atoms with Gasteiger partial charge in [0, 0.05) is 24.4 Å². The van der Waals surface area contributed by atoms with E-state index in [2.05, 4.69) is 17.6 Å². The van der Waals surface area contributed by atoms with Crippen molar-refractivity contribution in [2.45, 2.75) is 58.5 Å². The number of hydrogen-bond donors (Lipinski definition) is 2. The molecule has 5 nitrogen and oxygen atoms in total. The monoisotopic (exact) mass is 306 g/mol. The van der Waals surface area contributed by atoms with Crippen molar-refractivity contribution in [1.29, 1.82) is 0 Å². The van der Waals surface area contributed by atoms with Gasteiger partial charge in [-0.25, -0.2) is 0 Å². The van der Waals surface area contributed by atoms with Gasteiger partial charge < -0.3 is 15.4 Å². The van der Waals surface area contributed by atoms with Gasteiger partial charge in [0.15, 0.2) is 0 Å². The fraction of sp³-hybridized carbons (Fsp3) is 0.857. The molecular formula is C14H27ClN2O3. The van der Waals surface area contributed by atoms with Gasteiger partial charge in [0.1, 0.15) is 0 Å². The standard InChI is InChI=1S/C14H26N2O3.ClH/c1-4-19-13(17)6-5-10(2)16-14(18)12-7-8-15-11(3)9-12;/h10-12,15H,4-9H2,1-3H3,(H,16,18);1H/t10?,11-,12-;/m0./s1. The number of esters is 1. The van der Waals surface area contributed by atoms with Gasteiger partial charge in [-0.1, -0.05) is 0 Å². The Bertz CT molecular complexity index is 313.